The van der Waals surface area contributed by atoms with Gasteiger partial charge in [0.05, 0.1) is 18.5 Å². The van der Waals surface area contributed by atoms with Crippen molar-refractivity contribution in [1.82, 2.24) is 15.0 Å². The van der Waals surface area contributed by atoms with Crippen LogP contribution in [0.2, 0.25) is 0 Å². The first-order valence-corrected chi connectivity index (χ1v) is 12.7. The van der Waals surface area contributed by atoms with Gasteiger partial charge in [0.2, 0.25) is 0 Å². The lowest BCUT2D eigenvalue weighted by atomic mass is 10.1. The number of urea groups is 1. The zero-order valence-electron chi connectivity index (χ0n) is 21.1. The number of carbonyl (C=O) groups excluding carboxylic acids is 1. The molecule has 0 unspecified atom stereocenters. The maximum Gasteiger partial charge on any atom is 0.328 e. The second-order valence-corrected chi connectivity index (χ2v) is 9.23. The molecule has 9 nitrogen and oxygen atoms in total. The molecule has 0 radical (unpaired) electrons. The number of methoxy groups -OCH3 is 1. The van der Waals surface area contributed by atoms with Crippen LogP contribution in [0.5, 0.6) is 6.01 Å². The molecule has 1 aromatic carbocycles. The molecule has 5 rings (SSSR count). The van der Waals surface area contributed by atoms with E-state index in [0.29, 0.717) is 11.6 Å². The zero-order chi connectivity index (χ0) is 25.1. The largest absolute Gasteiger partial charge is 0.467 e. The van der Waals surface area contributed by atoms with Crippen molar-refractivity contribution < 1.29 is 9.53 Å². The van der Waals surface area contributed by atoms with E-state index in [1.54, 1.807) is 17.2 Å². The van der Waals surface area contributed by atoms with Gasteiger partial charge in [-0.3, -0.25) is 10.2 Å². The summed E-state index contributed by atoms with van der Waals surface area (Å²) in [7, 11) is 1.50. The summed E-state index contributed by atoms with van der Waals surface area (Å²) in [4.78, 5) is 33.4. The first kappa shape index (κ1) is 23.8. The SMILES string of the molecule is CCN1CC[C@@H](C)N(C(=O)Nc2ccnc(OC)n2)c2nc(-c3cccc(N4CCCC4)c3)ccc21. The van der Waals surface area contributed by atoms with E-state index in [1.165, 1.54) is 25.6 Å². The van der Waals surface area contributed by atoms with Gasteiger partial charge in [-0.15, -0.1) is 0 Å². The molecule has 188 valence electrons. The number of rotatable bonds is 5. The van der Waals surface area contributed by atoms with Crippen LogP contribution in [-0.4, -0.2) is 60.3 Å². The summed E-state index contributed by atoms with van der Waals surface area (Å²) in [6.45, 7) is 8.05. The molecule has 36 heavy (non-hydrogen) atoms. The molecule has 1 atom stereocenters. The lowest BCUT2D eigenvalue weighted by Crippen LogP contribution is -2.42. The maximum atomic E-state index is 13.6. The number of ether oxygens (including phenoxy) is 1. The number of hydrogen-bond acceptors (Lipinski definition) is 7. The van der Waals surface area contributed by atoms with Crippen LogP contribution >= 0.6 is 0 Å². The summed E-state index contributed by atoms with van der Waals surface area (Å²) in [5.41, 5.74) is 4.07. The van der Waals surface area contributed by atoms with Crippen LogP contribution in [0.4, 0.5) is 27.8 Å². The average Bonchev–Trinajstić information content (AvgIpc) is 3.40. The predicted molar refractivity (Wildman–Crippen MR) is 143 cm³/mol. The Morgan fingerprint density at radius 1 is 1.11 bits per heavy atom. The highest BCUT2D eigenvalue weighted by molar-refractivity contribution is 6.03. The van der Waals surface area contributed by atoms with Crippen molar-refractivity contribution in [1.29, 1.82) is 0 Å². The number of hydrogen-bond donors (Lipinski definition) is 1. The van der Waals surface area contributed by atoms with Crippen molar-refractivity contribution in [3.8, 4) is 17.3 Å². The molecule has 2 aliphatic rings. The van der Waals surface area contributed by atoms with E-state index in [0.717, 1.165) is 49.5 Å². The fourth-order valence-electron chi connectivity index (χ4n) is 4.97. The third-order valence-corrected chi connectivity index (χ3v) is 6.95. The Balaban J connectivity index is 1.52. The Kier molecular flexibility index (Phi) is 6.88. The normalized spacial score (nSPS) is 17.5. The van der Waals surface area contributed by atoms with Gasteiger partial charge in [-0.25, -0.2) is 14.8 Å². The molecule has 1 saturated heterocycles. The average molecular weight is 488 g/mol. The molecule has 0 aliphatic carbocycles. The van der Waals surface area contributed by atoms with Gasteiger partial charge in [0.15, 0.2) is 5.82 Å². The third kappa shape index (κ3) is 4.78. The predicted octanol–water partition coefficient (Wildman–Crippen LogP) is 4.80. The summed E-state index contributed by atoms with van der Waals surface area (Å²) in [5.74, 6) is 1.04. The minimum atomic E-state index is -0.280. The molecular formula is C27H33N7O2. The number of aromatic nitrogens is 3. The molecule has 0 saturated carbocycles. The highest BCUT2D eigenvalue weighted by Gasteiger charge is 2.31. The van der Waals surface area contributed by atoms with Gasteiger partial charge in [-0.1, -0.05) is 12.1 Å². The smallest absolute Gasteiger partial charge is 0.328 e. The summed E-state index contributed by atoms with van der Waals surface area (Å²) in [6, 6.07) is 14.2. The molecule has 1 N–H and O–H groups in total. The minimum absolute atomic E-state index is 0.0530. The first-order valence-electron chi connectivity index (χ1n) is 12.7. The molecule has 1 fully saturated rings. The summed E-state index contributed by atoms with van der Waals surface area (Å²) in [6.07, 6.45) is 4.84. The van der Waals surface area contributed by atoms with E-state index in [4.69, 9.17) is 9.72 Å². The standard InChI is InChI=1S/C27H33N7O2/c1-4-32-17-13-19(2)34(27(35)31-24-12-14-28-26(30-24)36-3)25-23(32)11-10-22(29-25)20-8-7-9-21(18-20)33-15-5-6-16-33/h7-12,14,18-19H,4-6,13,15-17H2,1-3H3,(H,28,30,31,35)/t19-/m1/s1. The van der Waals surface area contributed by atoms with Gasteiger partial charge in [0.25, 0.3) is 0 Å². The fourth-order valence-corrected chi connectivity index (χ4v) is 4.97. The van der Waals surface area contributed by atoms with Crippen LogP contribution in [0.15, 0.2) is 48.7 Å². The molecule has 3 aromatic rings. The maximum absolute atomic E-state index is 13.6. The third-order valence-electron chi connectivity index (χ3n) is 6.95. The van der Waals surface area contributed by atoms with E-state index >= 15 is 0 Å². The summed E-state index contributed by atoms with van der Waals surface area (Å²) >= 11 is 0. The lowest BCUT2D eigenvalue weighted by Gasteiger charge is -2.28. The Morgan fingerprint density at radius 2 is 1.94 bits per heavy atom. The quantitative estimate of drug-likeness (QED) is 0.553. The van der Waals surface area contributed by atoms with Crippen LogP contribution in [0.3, 0.4) is 0 Å². The highest BCUT2D eigenvalue weighted by Crippen LogP contribution is 2.36. The van der Waals surface area contributed by atoms with Crippen molar-refractivity contribution in [2.45, 2.75) is 39.2 Å². The van der Waals surface area contributed by atoms with Crippen LogP contribution in [0, 0.1) is 0 Å². The van der Waals surface area contributed by atoms with Gasteiger partial charge >= 0.3 is 12.0 Å². The van der Waals surface area contributed by atoms with Crippen LogP contribution in [0.25, 0.3) is 11.3 Å². The van der Waals surface area contributed by atoms with Crippen LogP contribution in [-0.2, 0) is 0 Å². The highest BCUT2D eigenvalue weighted by atomic mass is 16.5. The van der Waals surface area contributed by atoms with Gasteiger partial charge in [-0.05, 0) is 63.4 Å². The van der Waals surface area contributed by atoms with Gasteiger partial charge in [0.1, 0.15) is 5.82 Å². The molecule has 0 spiro atoms. The van der Waals surface area contributed by atoms with Crippen molar-refractivity contribution in [3.05, 3.63) is 48.7 Å². The fraction of sp³-hybridized carbons (Fsp3) is 0.407. The second-order valence-electron chi connectivity index (χ2n) is 9.23. The number of nitrogens with zero attached hydrogens (tertiary/aromatic N) is 6. The topological polar surface area (TPSA) is 86.7 Å². The van der Waals surface area contributed by atoms with Crippen LogP contribution in [0.1, 0.15) is 33.1 Å². The van der Waals surface area contributed by atoms with Gasteiger partial charge in [-0.2, -0.15) is 4.98 Å². The molecule has 4 heterocycles. The van der Waals surface area contributed by atoms with E-state index in [-0.39, 0.29) is 18.1 Å². The number of benzene rings is 1. The number of anilines is 4. The summed E-state index contributed by atoms with van der Waals surface area (Å²) in [5, 5.41) is 2.91. The number of amides is 2. The van der Waals surface area contributed by atoms with Crippen molar-refractivity contribution in [3.63, 3.8) is 0 Å². The number of carbonyl (C=O) groups is 1. The van der Waals surface area contributed by atoms with Crippen molar-refractivity contribution >= 4 is 29.0 Å². The Bertz CT molecular complexity index is 1230. The second kappa shape index (κ2) is 10.4. The number of nitrogens with one attached hydrogen (secondary N) is 1. The van der Waals surface area contributed by atoms with Crippen LogP contribution < -0.4 is 24.8 Å². The van der Waals surface area contributed by atoms with E-state index in [1.807, 2.05) is 0 Å². The van der Waals surface area contributed by atoms with Crippen molar-refractivity contribution in [2.24, 2.45) is 0 Å². The Morgan fingerprint density at radius 3 is 2.72 bits per heavy atom. The molecule has 0 bridgehead atoms. The minimum Gasteiger partial charge on any atom is -0.467 e. The first-order chi connectivity index (χ1) is 17.6. The Hall–Kier alpha value is -3.88. The van der Waals surface area contributed by atoms with Gasteiger partial charge in [0, 0.05) is 49.7 Å². The molecule has 2 aromatic heterocycles. The van der Waals surface area contributed by atoms with E-state index in [2.05, 4.69) is 75.3 Å². The van der Waals surface area contributed by atoms with Crippen molar-refractivity contribution in [2.75, 3.05) is 53.3 Å². The number of fused-ring (bicyclic) bond motifs is 1. The lowest BCUT2D eigenvalue weighted by molar-refractivity contribution is 0.255. The molecule has 2 amide bonds. The summed E-state index contributed by atoms with van der Waals surface area (Å²) < 4.78 is 5.11. The van der Waals surface area contributed by atoms with E-state index < -0.39 is 0 Å². The Labute approximate surface area is 212 Å². The molecule has 2 aliphatic heterocycles. The molecule has 9 heteroatoms. The zero-order valence-corrected chi connectivity index (χ0v) is 21.1. The number of pyridine rings is 1. The molecular weight excluding hydrogens is 454 g/mol. The monoisotopic (exact) mass is 487 g/mol. The van der Waals surface area contributed by atoms with Gasteiger partial charge < -0.3 is 14.5 Å². The van der Waals surface area contributed by atoms with E-state index in [9.17, 15) is 4.79 Å².